The molecule has 0 spiro atoms. The minimum atomic E-state index is -4.06. The molecule has 0 aliphatic heterocycles. The summed E-state index contributed by atoms with van der Waals surface area (Å²) in [6.45, 7) is 0. The molecule has 150 valence electrons. The predicted molar refractivity (Wildman–Crippen MR) is 113 cm³/mol. The summed E-state index contributed by atoms with van der Waals surface area (Å²) in [6, 6.07) is 11.9. The Morgan fingerprint density at radius 2 is 2.03 bits per heavy atom. The normalized spacial score (nSPS) is 16.3. The van der Waals surface area contributed by atoms with Crippen molar-refractivity contribution in [1.82, 2.24) is 9.71 Å². The molecule has 1 atom stereocenters. The number of aromatic nitrogens is 1. The first-order valence-electron chi connectivity index (χ1n) is 9.18. The lowest BCUT2D eigenvalue weighted by Gasteiger charge is -2.27. The minimum absolute atomic E-state index is 0.0358. The van der Waals surface area contributed by atoms with Gasteiger partial charge in [-0.05, 0) is 61.2 Å². The molecule has 1 amide bonds. The monoisotopic (exact) mass is 474 g/mol. The number of nitrogens with zero attached hydrogens (tertiary/aromatic N) is 1. The summed E-state index contributed by atoms with van der Waals surface area (Å²) in [7, 11) is -2.51. The Labute approximate surface area is 177 Å². The number of halogens is 1. The maximum Gasteiger partial charge on any atom is 0.264 e. The van der Waals surface area contributed by atoms with Crippen molar-refractivity contribution in [2.24, 2.45) is 0 Å². The van der Waals surface area contributed by atoms with Gasteiger partial charge in [-0.25, -0.2) is 13.1 Å². The van der Waals surface area contributed by atoms with Gasteiger partial charge in [0.1, 0.15) is 5.75 Å². The van der Waals surface area contributed by atoms with Gasteiger partial charge in [-0.2, -0.15) is 0 Å². The van der Waals surface area contributed by atoms with E-state index in [0.29, 0.717) is 23.1 Å². The van der Waals surface area contributed by atoms with Gasteiger partial charge in [-0.3, -0.25) is 9.78 Å². The van der Waals surface area contributed by atoms with Crippen LogP contribution in [0, 0.1) is 0 Å². The highest BCUT2D eigenvalue weighted by Gasteiger charge is 2.33. The zero-order valence-electron chi connectivity index (χ0n) is 15.7. The number of nitrogens with one attached hydrogen (secondary N) is 1. The van der Waals surface area contributed by atoms with Crippen molar-refractivity contribution in [3.05, 3.63) is 64.3 Å². The second-order valence-electron chi connectivity index (χ2n) is 6.88. The number of pyridine rings is 1. The SMILES string of the molecule is COc1ccc(Br)c2c1[C@@H](C(=O)NS(=O)(=O)c1cccc3ncccc13)CCC2. The van der Waals surface area contributed by atoms with E-state index in [-0.39, 0.29) is 4.90 Å². The Balaban J connectivity index is 1.72. The maximum atomic E-state index is 13.1. The zero-order valence-corrected chi connectivity index (χ0v) is 18.1. The highest BCUT2D eigenvalue weighted by Crippen LogP contribution is 2.41. The summed E-state index contributed by atoms with van der Waals surface area (Å²) in [6.07, 6.45) is 3.74. The summed E-state index contributed by atoms with van der Waals surface area (Å²) in [5, 5.41) is 0.472. The van der Waals surface area contributed by atoms with Crippen LogP contribution in [0.3, 0.4) is 0 Å². The minimum Gasteiger partial charge on any atom is -0.496 e. The summed E-state index contributed by atoms with van der Waals surface area (Å²) < 4.78 is 34.7. The van der Waals surface area contributed by atoms with Gasteiger partial charge in [0.15, 0.2) is 0 Å². The molecule has 6 nitrogen and oxygen atoms in total. The van der Waals surface area contributed by atoms with Crippen molar-refractivity contribution in [1.29, 1.82) is 0 Å². The first-order valence-corrected chi connectivity index (χ1v) is 11.5. The number of ether oxygens (including phenoxy) is 1. The number of hydrogen-bond acceptors (Lipinski definition) is 5. The number of hydrogen-bond donors (Lipinski definition) is 1. The third-order valence-electron chi connectivity index (χ3n) is 5.19. The van der Waals surface area contributed by atoms with Gasteiger partial charge < -0.3 is 4.74 Å². The molecule has 1 heterocycles. The highest BCUT2D eigenvalue weighted by atomic mass is 79.9. The van der Waals surface area contributed by atoms with Crippen LogP contribution in [-0.4, -0.2) is 26.4 Å². The molecule has 0 saturated heterocycles. The van der Waals surface area contributed by atoms with Crippen molar-refractivity contribution in [2.45, 2.75) is 30.1 Å². The largest absolute Gasteiger partial charge is 0.496 e. The fourth-order valence-corrected chi connectivity index (χ4v) is 5.67. The lowest BCUT2D eigenvalue weighted by Crippen LogP contribution is -2.36. The van der Waals surface area contributed by atoms with Gasteiger partial charge in [0.2, 0.25) is 5.91 Å². The zero-order chi connectivity index (χ0) is 20.6. The van der Waals surface area contributed by atoms with E-state index in [1.807, 2.05) is 6.07 Å². The van der Waals surface area contributed by atoms with Crippen molar-refractivity contribution >= 4 is 42.8 Å². The molecule has 29 heavy (non-hydrogen) atoms. The molecule has 3 aromatic rings. The molecule has 0 fully saturated rings. The Morgan fingerprint density at radius 1 is 1.21 bits per heavy atom. The van der Waals surface area contributed by atoms with Crippen LogP contribution >= 0.6 is 15.9 Å². The molecule has 8 heteroatoms. The Kier molecular flexibility index (Phi) is 5.31. The molecular formula is C21H19BrN2O4S. The number of rotatable bonds is 4. The highest BCUT2D eigenvalue weighted by molar-refractivity contribution is 9.10. The molecule has 1 N–H and O–H groups in total. The summed E-state index contributed by atoms with van der Waals surface area (Å²) in [5.41, 5.74) is 2.29. The van der Waals surface area contributed by atoms with Crippen LogP contribution < -0.4 is 9.46 Å². The standard InChI is InChI=1S/C21H19BrN2O4S/c1-28-18-11-10-16(22)13-5-2-6-15(20(13)18)21(25)24-29(26,27)19-9-3-8-17-14(19)7-4-12-23-17/h3-4,7-12,15H,2,5-6H2,1H3,(H,24,25)/t15-/m0/s1. The molecule has 2 aromatic carbocycles. The van der Waals surface area contributed by atoms with Crippen molar-refractivity contribution in [2.75, 3.05) is 7.11 Å². The number of sulfonamides is 1. The van der Waals surface area contributed by atoms with E-state index in [1.54, 1.807) is 43.6 Å². The molecule has 0 radical (unpaired) electrons. The number of fused-ring (bicyclic) bond motifs is 2. The van der Waals surface area contributed by atoms with Crippen LogP contribution in [-0.2, 0) is 21.2 Å². The van der Waals surface area contributed by atoms with Crippen LogP contribution in [0.1, 0.15) is 29.9 Å². The van der Waals surface area contributed by atoms with Crippen molar-refractivity contribution < 1.29 is 17.9 Å². The number of benzene rings is 2. The second-order valence-corrected chi connectivity index (χ2v) is 9.39. The lowest BCUT2D eigenvalue weighted by atomic mass is 9.82. The summed E-state index contributed by atoms with van der Waals surface area (Å²) >= 11 is 3.53. The number of methoxy groups -OCH3 is 1. The topological polar surface area (TPSA) is 85.4 Å². The van der Waals surface area contributed by atoms with Gasteiger partial charge >= 0.3 is 0 Å². The average Bonchev–Trinajstić information content (AvgIpc) is 2.73. The van der Waals surface area contributed by atoms with Crippen LogP contribution in [0.15, 0.2) is 58.0 Å². The first kappa shape index (κ1) is 19.8. The molecule has 1 aliphatic rings. The molecule has 4 rings (SSSR count). The Bertz CT molecular complexity index is 1210. The third-order valence-corrected chi connectivity index (χ3v) is 7.34. The van der Waals surface area contributed by atoms with E-state index in [2.05, 4.69) is 25.6 Å². The maximum absolute atomic E-state index is 13.1. The van der Waals surface area contributed by atoms with Gasteiger partial charge in [-0.15, -0.1) is 0 Å². The van der Waals surface area contributed by atoms with E-state index in [1.165, 1.54) is 6.07 Å². The van der Waals surface area contributed by atoms with E-state index in [4.69, 9.17) is 4.74 Å². The number of amides is 1. The van der Waals surface area contributed by atoms with E-state index in [9.17, 15) is 13.2 Å². The third kappa shape index (κ3) is 3.62. The van der Waals surface area contributed by atoms with Gasteiger partial charge in [-0.1, -0.05) is 22.0 Å². The van der Waals surface area contributed by atoms with E-state index in [0.717, 1.165) is 28.4 Å². The van der Waals surface area contributed by atoms with Crippen molar-refractivity contribution in [3.63, 3.8) is 0 Å². The molecular weight excluding hydrogens is 456 g/mol. The average molecular weight is 475 g/mol. The summed E-state index contributed by atoms with van der Waals surface area (Å²) in [4.78, 5) is 17.3. The van der Waals surface area contributed by atoms with Gasteiger partial charge in [0, 0.05) is 21.6 Å². The van der Waals surface area contributed by atoms with Gasteiger partial charge in [0.25, 0.3) is 10.0 Å². The second kappa shape index (κ2) is 7.76. The number of carbonyl (C=O) groups excluding carboxylic acids is 1. The fourth-order valence-electron chi connectivity index (χ4n) is 3.89. The van der Waals surface area contributed by atoms with Gasteiger partial charge in [0.05, 0.1) is 23.4 Å². The first-order chi connectivity index (χ1) is 13.9. The van der Waals surface area contributed by atoms with E-state index >= 15 is 0 Å². The van der Waals surface area contributed by atoms with Crippen LogP contribution in [0.4, 0.5) is 0 Å². The Hall–Kier alpha value is -2.45. The van der Waals surface area contributed by atoms with Crippen LogP contribution in [0.5, 0.6) is 5.75 Å². The predicted octanol–water partition coefficient (Wildman–Crippen LogP) is 3.93. The quantitative estimate of drug-likeness (QED) is 0.618. The van der Waals surface area contributed by atoms with E-state index < -0.39 is 21.8 Å². The molecule has 0 unspecified atom stereocenters. The lowest BCUT2D eigenvalue weighted by molar-refractivity contribution is -0.121. The smallest absolute Gasteiger partial charge is 0.264 e. The summed E-state index contributed by atoms with van der Waals surface area (Å²) in [5.74, 6) is -0.563. The molecule has 0 saturated carbocycles. The molecule has 1 aliphatic carbocycles. The molecule has 1 aromatic heterocycles. The fraction of sp³-hybridized carbons (Fsp3) is 0.238. The van der Waals surface area contributed by atoms with Crippen LogP contribution in [0.2, 0.25) is 0 Å². The van der Waals surface area contributed by atoms with Crippen LogP contribution in [0.25, 0.3) is 10.9 Å². The Morgan fingerprint density at radius 3 is 2.83 bits per heavy atom. The number of carbonyl (C=O) groups is 1. The molecule has 0 bridgehead atoms. The van der Waals surface area contributed by atoms with Crippen molar-refractivity contribution in [3.8, 4) is 5.75 Å².